The van der Waals surface area contributed by atoms with Crippen molar-refractivity contribution in [1.82, 2.24) is 4.98 Å². The van der Waals surface area contributed by atoms with Crippen molar-refractivity contribution in [3.8, 4) is 0 Å². The fraction of sp³-hybridized carbons (Fsp3) is 0.533. The third-order valence-electron chi connectivity index (χ3n) is 4.91. The highest BCUT2D eigenvalue weighted by Gasteiger charge is 2.64. The molecule has 100 valence electrons. The molecule has 2 bridgehead atoms. The molecular formula is C15H18N2O2. The molecule has 0 saturated heterocycles. The highest BCUT2D eigenvalue weighted by Crippen LogP contribution is 2.60. The van der Waals surface area contributed by atoms with Crippen LogP contribution in [0.15, 0.2) is 24.5 Å². The Morgan fingerprint density at radius 2 is 2.26 bits per heavy atom. The molecule has 3 rings (SSSR count). The van der Waals surface area contributed by atoms with Crippen LogP contribution < -0.4 is 5.32 Å². The van der Waals surface area contributed by atoms with Crippen LogP contribution in [0.3, 0.4) is 0 Å². The molecule has 0 aliphatic heterocycles. The number of hydrogen-bond donors (Lipinski definition) is 1. The van der Waals surface area contributed by atoms with E-state index in [1.54, 1.807) is 24.5 Å². The SMILES string of the molecule is CC1(C)C(=O)C2(C(=O)Nc3cccnc3)CCC1C2. The molecule has 2 aliphatic carbocycles. The average molecular weight is 258 g/mol. The van der Waals surface area contributed by atoms with Crippen LogP contribution in [0.2, 0.25) is 0 Å². The summed E-state index contributed by atoms with van der Waals surface area (Å²) in [5, 5.41) is 2.85. The Morgan fingerprint density at radius 1 is 1.47 bits per heavy atom. The number of aromatic nitrogens is 1. The van der Waals surface area contributed by atoms with Gasteiger partial charge in [-0.25, -0.2) is 0 Å². The molecule has 1 heterocycles. The van der Waals surface area contributed by atoms with Crippen LogP contribution in [0, 0.1) is 16.7 Å². The molecular weight excluding hydrogens is 240 g/mol. The van der Waals surface area contributed by atoms with Crippen molar-refractivity contribution in [2.45, 2.75) is 33.1 Å². The number of rotatable bonds is 2. The highest BCUT2D eigenvalue weighted by atomic mass is 16.2. The Morgan fingerprint density at radius 3 is 2.84 bits per heavy atom. The second kappa shape index (κ2) is 3.89. The lowest BCUT2D eigenvalue weighted by molar-refractivity contribution is -0.142. The largest absolute Gasteiger partial charge is 0.324 e. The van der Waals surface area contributed by atoms with Gasteiger partial charge in [-0.1, -0.05) is 13.8 Å². The average Bonchev–Trinajstić information content (AvgIpc) is 2.91. The molecule has 1 aromatic rings. The van der Waals surface area contributed by atoms with E-state index in [2.05, 4.69) is 10.3 Å². The minimum atomic E-state index is -0.802. The maximum atomic E-state index is 12.6. The van der Waals surface area contributed by atoms with E-state index in [9.17, 15) is 9.59 Å². The summed E-state index contributed by atoms with van der Waals surface area (Å²) in [5.41, 5.74) is -0.503. The molecule has 0 spiro atoms. The molecule has 1 aromatic heterocycles. The van der Waals surface area contributed by atoms with Crippen LogP contribution in [0.1, 0.15) is 33.1 Å². The Hall–Kier alpha value is -1.71. The van der Waals surface area contributed by atoms with Gasteiger partial charge >= 0.3 is 0 Å². The van der Waals surface area contributed by atoms with E-state index in [4.69, 9.17) is 0 Å². The van der Waals surface area contributed by atoms with Gasteiger partial charge in [-0.05, 0) is 37.3 Å². The molecule has 0 radical (unpaired) electrons. The fourth-order valence-electron chi connectivity index (χ4n) is 3.67. The molecule has 2 fully saturated rings. The van der Waals surface area contributed by atoms with Gasteiger partial charge in [0.1, 0.15) is 5.41 Å². The molecule has 2 atom stereocenters. The normalized spacial score (nSPS) is 31.5. The van der Waals surface area contributed by atoms with Gasteiger partial charge in [0.25, 0.3) is 0 Å². The molecule has 1 amide bonds. The summed E-state index contributed by atoms with van der Waals surface area (Å²) >= 11 is 0. The number of carbonyl (C=O) groups is 2. The summed E-state index contributed by atoms with van der Waals surface area (Å²) in [7, 11) is 0. The zero-order valence-corrected chi connectivity index (χ0v) is 11.3. The van der Waals surface area contributed by atoms with Crippen LogP contribution in [-0.4, -0.2) is 16.7 Å². The second-order valence-corrected chi connectivity index (χ2v) is 6.27. The Bertz CT molecular complexity index is 538. The van der Waals surface area contributed by atoms with Crippen molar-refractivity contribution in [2.24, 2.45) is 16.7 Å². The Labute approximate surface area is 112 Å². The van der Waals surface area contributed by atoms with Gasteiger partial charge in [0.05, 0.1) is 11.9 Å². The summed E-state index contributed by atoms with van der Waals surface area (Å²) in [6.07, 6.45) is 5.62. The van der Waals surface area contributed by atoms with E-state index >= 15 is 0 Å². The number of pyridine rings is 1. The number of Topliss-reactive ketones (excluding diaryl/α,β-unsaturated/α-hetero) is 1. The molecule has 4 nitrogen and oxygen atoms in total. The molecule has 1 N–H and O–H groups in total. The number of amides is 1. The number of fused-ring (bicyclic) bond motifs is 2. The first-order chi connectivity index (χ1) is 8.97. The lowest BCUT2D eigenvalue weighted by Gasteiger charge is -2.32. The third kappa shape index (κ3) is 1.62. The van der Waals surface area contributed by atoms with Crippen molar-refractivity contribution in [3.05, 3.63) is 24.5 Å². The third-order valence-corrected chi connectivity index (χ3v) is 4.91. The second-order valence-electron chi connectivity index (χ2n) is 6.27. The van der Waals surface area contributed by atoms with Crippen LogP contribution in [-0.2, 0) is 9.59 Å². The first-order valence-corrected chi connectivity index (χ1v) is 6.73. The smallest absolute Gasteiger partial charge is 0.238 e. The number of ketones is 1. The van der Waals surface area contributed by atoms with Gasteiger partial charge < -0.3 is 5.32 Å². The van der Waals surface area contributed by atoms with Gasteiger partial charge in [0, 0.05) is 11.6 Å². The van der Waals surface area contributed by atoms with E-state index in [1.165, 1.54) is 0 Å². The van der Waals surface area contributed by atoms with Gasteiger partial charge in [-0.2, -0.15) is 0 Å². The van der Waals surface area contributed by atoms with Gasteiger partial charge in [-0.15, -0.1) is 0 Å². The lowest BCUT2D eigenvalue weighted by Crippen LogP contribution is -2.44. The molecule has 0 aromatic carbocycles. The quantitative estimate of drug-likeness (QED) is 0.829. The fourth-order valence-corrected chi connectivity index (χ4v) is 3.67. The predicted octanol–water partition coefficient (Wildman–Crippen LogP) is 2.42. The number of hydrogen-bond acceptors (Lipinski definition) is 3. The van der Waals surface area contributed by atoms with E-state index < -0.39 is 5.41 Å². The minimum absolute atomic E-state index is 0.109. The standard InChI is InChI=1S/C15H18N2O2/c1-14(2)10-5-6-15(8-10,12(14)18)13(19)17-11-4-3-7-16-9-11/h3-4,7,9-10H,5-6,8H2,1-2H3,(H,17,19). The Balaban J connectivity index is 1.86. The number of carbonyl (C=O) groups excluding carboxylic acids is 2. The number of anilines is 1. The van der Waals surface area contributed by atoms with E-state index in [1.807, 2.05) is 13.8 Å². The predicted molar refractivity (Wildman–Crippen MR) is 71.4 cm³/mol. The summed E-state index contributed by atoms with van der Waals surface area (Å²) in [4.78, 5) is 29.1. The zero-order valence-electron chi connectivity index (χ0n) is 11.3. The van der Waals surface area contributed by atoms with Gasteiger partial charge in [0.15, 0.2) is 5.78 Å². The molecule has 2 aliphatic rings. The van der Waals surface area contributed by atoms with Crippen molar-refractivity contribution in [1.29, 1.82) is 0 Å². The topological polar surface area (TPSA) is 59.1 Å². The maximum absolute atomic E-state index is 12.6. The Kier molecular flexibility index (Phi) is 2.52. The number of nitrogens with one attached hydrogen (secondary N) is 1. The van der Waals surface area contributed by atoms with Gasteiger partial charge in [0.2, 0.25) is 5.91 Å². The first kappa shape index (κ1) is 12.3. The molecule has 4 heteroatoms. The van der Waals surface area contributed by atoms with Crippen molar-refractivity contribution in [3.63, 3.8) is 0 Å². The number of nitrogens with zero attached hydrogens (tertiary/aromatic N) is 1. The van der Waals surface area contributed by atoms with Crippen molar-refractivity contribution < 1.29 is 9.59 Å². The highest BCUT2D eigenvalue weighted by molar-refractivity contribution is 6.14. The van der Waals surface area contributed by atoms with Crippen LogP contribution >= 0.6 is 0 Å². The summed E-state index contributed by atoms with van der Waals surface area (Å²) in [5.74, 6) is 0.302. The summed E-state index contributed by atoms with van der Waals surface area (Å²) in [6.45, 7) is 3.94. The van der Waals surface area contributed by atoms with Crippen LogP contribution in [0.4, 0.5) is 5.69 Å². The summed E-state index contributed by atoms with van der Waals surface area (Å²) in [6, 6.07) is 3.56. The van der Waals surface area contributed by atoms with Crippen molar-refractivity contribution in [2.75, 3.05) is 5.32 Å². The lowest BCUT2D eigenvalue weighted by atomic mass is 9.70. The molecule has 2 unspecified atom stereocenters. The molecule has 2 saturated carbocycles. The molecule has 19 heavy (non-hydrogen) atoms. The first-order valence-electron chi connectivity index (χ1n) is 6.73. The van der Waals surface area contributed by atoms with Crippen molar-refractivity contribution >= 4 is 17.4 Å². The summed E-state index contributed by atoms with van der Waals surface area (Å²) < 4.78 is 0. The van der Waals surface area contributed by atoms with E-state index in [0.717, 1.165) is 6.42 Å². The van der Waals surface area contributed by atoms with Gasteiger partial charge in [-0.3, -0.25) is 14.6 Å². The van der Waals surface area contributed by atoms with Crippen LogP contribution in [0.25, 0.3) is 0 Å². The van der Waals surface area contributed by atoms with E-state index in [0.29, 0.717) is 24.4 Å². The zero-order chi connectivity index (χ0) is 13.7. The van der Waals surface area contributed by atoms with E-state index in [-0.39, 0.29) is 17.1 Å². The monoisotopic (exact) mass is 258 g/mol. The maximum Gasteiger partial charge on any atom is 0.238 e. The minimum Gasteiger partial charge on any atom is -0.324 e. The van der Waals surface area contributed by atoms with Crippen LogP contribution in [0.5, 0.6) is 0 Å².